The van der Waals surface area contributed by atoms with Gasteiger partial charge in [-0.15, -0.1) is 0 Å². The number of likely N-dealkylation sites (tertiary alicyclic amines) is 1. The summed E-state index contributed by atoms with van der Waals surface area (Å²) in [5.74, 6) is 1.21. The lowest BCUT2D eigenvalue weighted by atomic mass is 10.3. The SMILES string of the molecule is C[n+]1cc[nH]c1CC(=O)N1CCCC1. The summed E-state index contributed by atoms with van der Waals surface area (Å²) < 4.78 is 1.95. The molecule has 0 saturated carbocycles. The van der Waals surface area contributed by atoms with Crippen LogP contribution in [0.25, 0.3) is 0 Å². The van der Waals surface area contributed by atoms with E-state index >= 15 is 0 Å². The Morgan fingerprint density at radius 1 is 1.57 bits per heavy atom. The van der Waals surface area contributed by atoms with E-state index in [1.54, 1.807) is 0 Å². The van der Waals surface area contributed by atoms with Crippen LogP contribution in [0.15, 0.2) is 12.4 Å². The number of amides is 1. The van der Waals surface area contributed by atoms with Gasteiger partial charge in [-0.25, -0.2) is 9.55 Å². The van der Waals surface area contributed by atoms with Gasteiger partial charge in [-0.2, -0.15) is 0 Å². The topological polar surface area (TPSA) is 40.0 Å². The molecular formula is C10H16N3O+. The van der Waals surface area contributed by atoms with Crippen LogP contribution in [0.4, 0.5) is 0 Å². The number of hydrogen-bond acceptors (Lipinski definition) is 1. The van der Waals surface area contributed by atoms with Crippen LogP contribution in [-0.4, -0.2) is 28.9 Å². The summed E-state index contributed by atoms with van der Waals surface area (Å²) in [5.41, 5.74) is 0. The fourth-order valence-corrected chi connectivity index (χ4v) is 1.83. The number of nitrogens with zero attached hydrogens (tertiary/aromatic N) is 2. The van der Waals surface area contributed by atoms with Crippen molar-refractivity contribution in [1.29, 1.82) is 0 Å². The summed E-state index contributed by atoms with van der Waals surface area (Å²) in [5, 5.41) is 0. The number of hydrogen-bond donors (Lipinski definition) is 1. The number of nitrogens with one attached hydrogen (secondary N) is 1. The second-order valence-corrected chi connectivity index (χ2v) is 3.78. The van der Waals surface area contributed by atoms with E-state index in [4.69, 9.17) is 0 Å². The van der Waals surface area contributed by atoms with Gasteiger partial charge in [0, 0.05) is 13.1 Å². The summed E-state index contributed by atoms with van der Waals surface area (Å²) in [4.78, 5) is 16.8. The summed E-state index contributed by atoms with van der Waals surface area (Å²) in [7, 11) is 1.95. The molecule has 2 heterocycles. The molecule has 0 bridgehead atoms. The molecule has 1 aromatic rings. The summed E-state index contributed by atoms with van der Waals surface area (Å²) >= 11 is 0. The van der Waals surface area contributed by atoms with Gasteiger partial charge >= 0.3 is 0 Å². The lowest BCUT2D eigenvalue weighted by Crippen LogP contribution is -2.36. The van der Waals surface area contributed by atoms with E-state index in [9.17, 15) is 4.79 Å². The molecule has 1 fully saturated rings. The van der Waals surface area contributed by atoms with Gasteiger partial charge in [0.05, 0.1) is 7.05 Å². The third kappa shape index (κ3) is 1.78. The van der Waals surface area contributed by atoms with Crippen LogP contribution >= 0.6 is 0 Å². The summed E-state index contributed by atoms with van der Waals surface area (Å²) in [6, 6.07) is 0. The minimum absolute atomic E-state index is 0.237. The van der Waals surface area contributed by atoms with Crippen LogP contribution < -0.4 is 4.57 Å². The molecule has 1 amide bonds. The van der Waals surface area contributed by atoms with E-state index < -0.39 is 0 Å². The molecule has 76 valence electrons. The van der Waals surface area contributed by atoms with Crippen molar-refractivity contribution in [3.63, 3.8) is 0 Å². The number of carbonyl (C=O) groups excluding carboxylic acids is 1. The average Bonchev–Trinajstić information content (AvgIpc) is 2.77. The van der Waals surface area contributed by atoms with E-state index in [1.807, 2.05) is 28.9 Å². The molecule has 0 aliphatic carbocycles. The molecule has 4 heteroatoms. The molecule has 0 atom stereocenters. The number of rotatable bonds is 2. The van der Waals surface area contributed by atoms with Crippen LogP contribution in [0.3, 0.4) is 0 Å². The normalized spacial score (nSPS) is 16.2. The number of imidazole rings is 1. The zero-order valence-electron chi connectivity index (χ0n) is 8.49. The molecule has 0 spiro atoms. The van der Waals surface area contributed by atoms with Crippen molar-refractivity contribution in [1.82, 2.24) is 9.88 Å². The van der Waals surface area contributed by atoms with Gasteiger partial charge in [-0.1, -0.05) is 0 Å². The molecule has 2 rings (SSSR count). The third-order valence-corrected chi connectivity index (χ3v) is 2.75. The number of aryl methyl sites for hydroxylation is 1. The van der Waals surface area contributed by atoms with Crippen LogP contribution in [0.1, 0.15) is 18.7 Å². The van der Waals surface area contributed by atoms with E-state index in [-0.39, 0.29) is 5.91 Å². The molecule has 0 unspecified atom stereocenters. The van der Waals surface area contributed by atoms with Crippen molar-refractivity contribution in [3.8, 4) is 0 Å². The Kier molecular flexibility index (Phi) is 2.52. The molecule has 14 heavy (non-hydrogen) atoms. The molecule has 0 radical (unpaired) electrons. The molecular weight excluding hydrogens is 178 g/mol. The van der Waals surface area contributed by atoms with Crippen molar-refractivity contribution in [2.24, 2.45) is 7.05 Å². The van der Waals surface area contributed by atoms with Gasteiger partial charge in [0.1, 0.15) is 18.8 Å². The lowest BCUT2D eigenvalue weighted by molar-refractivity contribution is -0.677. The van der Waals surface area contributed by atoms with Gasteiger partial charge in [0.25, 0.3) is 5.82 Å². The van der Waals surface area contributed by atoms with Crippen LogP contribution in [0, 0.1) is 0 Å². The Hall–Kier alpha value is -1.32. The Bertz CT molecular complexity index is 326. The van der Waals surface area contributed by atoms with E-state index in [1.165, 1.54) is 0 Å². The highest BCUT2D eigenvalue weighted by atomic mass is 16.2. The quantitative estimate of drug-likeness (QED) is 0.662. The standard InChI is InChI=1S/C10H15N3O/c1-12-7-4-11-9(12)8-10(14)13-5-2-3-6-13/h4,7H,2-3,5-6,8H2,1H3/p+1. The average molecular weight is 194 g/mol. The fourth-order valence-electron chi connectivity index (χ4n) is 1.83. The largest absolute Gasteiger partial charge is 0.342 e. The molecule has 1 aliphatic heterocycles. The Morgan fingerprint density at radius 2 is 2.29 bits per heavy atom. The minimum atomic E-state index is 0.237. The number of carbonyl (C=O) groups is 1. The van der Waals surface area contributed by atoms with Crippen molar-refractivity contribution >= 4 is 5.91 Å². The zero-order chi connectivity index (χ0) is 9.97. The molecule has 1 aliphatic rings. The van der Waals surface area contributed by atoms with Crippen LogP contribution in [0.5, 0.6) is 0 Å². The van der Waals surface area contributed by atoms with Crippen molar-refractivity contribution in [2.45, 2.75) is 19.3 Å². The van der Waals surface area contributed by atoms with Crippen LogP contribution in [0.2, 0.25) is 0 Å². The van der Waals surface area contributed by atoms with E-state index in [2.05, 4.69) is 4.98 Å². The number of H-pyrrole nitrogens is 1. The molecule has 1 aromatic heterocycles. The summed E-state index contributed by atoms with van der Waals surface area (Å²) in [6.07, 6.45) is 6.58. The maximum Gasteiger partial charge on any atom is 0.263 e. The molecule has 1 N–H and O–H groups in total. The molecule has 4 nitrogen and oxygen atoms in total. The van der Waals surface area contributed by atoms with Crippen molar-refractivity contribution in [3.05, 3.63) is 18.2 Å². The van der Waals surface area contributed by atoms with E-state index in [0.717, 1.165) is 31.8 Å². The zero-order valence-corrected chi connectivity index (χ0v) is 8.49. The smallest absolute Gasteiger partial charge is 0.263 e. The highest BCUT2D eigenvalue weighted by Gasteiger charge is 2.21. The minimum Gasteiger partial charge on any atom is -0.342 e. The third-order valence-electron chi connectivity index (χ3n) is 2.75. The Balaban J connectivity index is 1.97. The highest BCUT2D eigenvalue weighted by molar-refractivity contribution is 5.77. The van der Waals surface area contributed by atoms with Gasteiger partial charge in [0.2, 0.25) is 5.91 Å². The highest BCUT2D eigenvalue weighted by Crippen LogP contribution is 2.08. The predicted octanol–water partition coefficient (Wildman–Crippen LogP) is 0.00410. The lowest BCUT2D eigenvalue weighted by Gasteiger charge is -2.13. The fraction of sp³-hybridized carbons (Fsp3) is 0.600. The van der Waals surface area contributed by atoms with Crippen molar-refractivity contribution < 1.29 is 9.36 Å². The van der Waals surface area contributed by atoms with Gasteiger partial charge in [0.15, 0.2) is 0 Å². The first-order valence-corrected chi connectivity index (χ1v) is 5.07. The Labute approximate surface area is 83.5 Å². The van der Waals surface area contributed by atoms with Crippen molar-refractivity contribution in [2.75, 3.05) is 13.1 Å². The van der Waals surface area contributed by atoms with Crippen LogP contribution in [-0.2, 0) is 18.3 Å². The van der Waals surface area contributed by atoms with Gasteiger partial charge in [-0.3, -0.25) is 4.79 Å². The maximum atomic E-state index is 11.8. The number of aromatic nitrogens is 2. The first-order valence-electron chi connectivity index (χ1n) is 5.07. The van der Waals surface area contributed by atoms with Gasteiger partial charge in [-0.05, 0) is 12.8 Å². The Morgan fingerprint density at radius 3 is 2.86 bits per heavy atom. The monoisotopic (exact) mass is 194 g/mol. The first kappa shape index (κ1) is 9.24. The second kappa shape index (κ2) is 3.82. The van der Waals surface area contributed by atoms with Gasteiger partial charge < -0.3 is 4.90 Å². The first-order chi connectivity index (χ1) is 6.77. The van der Waals surface area contributed by atoms with E-state index in [0.29, 0.717) is 6.42 Å². The second-order valence-electron chi connectivity index (χ2n) is 3.78. The summed E-state index contributed by atoms with van der Waals surface area (Å²) in [6.45, 7) is 1.87. The molecule has 0 aromatic carbocycles. The number of aromatic amines is 1. The molecule has 1 saturated heterocycles. The predicted molar refractivity (Wildman–Crippen MR) is 51.5 cm³/mol. The maximum absolute atomic E-state index is 11.8.